The molecule has 4 heteroatoms. The van der Waals surface area contributed by atoms with Gasteiger partial charge in [-0.25, -0.2) is 0 Å². The largest absolute Gasteiger partial charge is 0.314 e. The first-order valence-corrected chi connectivity index (χ1v) is 7.72. The molecule has 1 spiro atoms. The lowest BCUT2D eigenvalue weighted by molar-refractivity contribution is -0.145. The molecule has 3 fully saturated rings. The minimum absolute atomic E-state index is 0.0889. The van der Waals surface area contributed by atoms with Gasteiger partial charge < -0.3 is 5.32 Å². The van der Waals surface area contributed by atoms with E-state index in [1.54, 1.807) is 4.90 Å². The Morgan fingerprint density at radius 3 is 2.63 bits per heavy atom. The highest BCUT2D eigenvalue weighted by molar-refractivity contribution is 6.06. The van der Waals surface area contributed by atoms with E-state index < -0.39 is 0 Å². The molecule has 2 heterocycles. The van der Waals surface area contributed by atoms with E-state index in [1.807, 2.05) is 0 Å². The number of hydrogen-bond acceptors (Lipinski definition) is 3. The van der Waals surface area contributed by atoms with Gasteiger partial charge in [-0.2, -0.15) is 0 Å². The predicted molar refractivity (Wildman–Crippen MR) is 72.5 cm³/mol. The van der Waals surface area contributed by atoms with Gasteiger partial charge in [0.25, 0.3) is 0 Å². The Bertz CT molecular complexity index is 388. The molecule has 3 aliphatic rings. The molecule has 1 saturated carbocycles. The van der Waals surface area contributed by atoms with Crippen molar-refractivity contribution in [3.63, 3.8) is 0 Å². The lowest BCUT2D eigenvalue weighted by Gasteiger charge is -2.36. The van der Waals surface area contributed by atoms with Gasteiger partial charge in [-0.1, -0.05) is 19.3 Å². The molecule has 0 bridgehead atoms. The van der Waals surface area contributed by atoms with Crippen LogP contribution in [-0.2, 0) is 9.59 Å². The van der Waals surface area contributed by atoms with Crippen LogP contribution in [0.15, 0.2) is 0 Å². The lowest BCUT2D eigenvalue weighted by atomic mass is 9.73. The third-order valence-corrected chi connectivity index (χ3v) is 5.20. The monoisotopic (exact) mass is 264 g/mol. The zero-order chi connectivity index (χ0) is 13.5. The summed E-state index contributed by atoms with van der Waals surface area (Å²) in [5.41, 5.74) is -0.316. The normalized spacial score (nSPS) is 35.1. The van der Waals surface area contributed by atoms with Gasteiger partial charge in [-0.15, -0.1) is 0 Å². The highest BCUT2D eigenvalue weighted by Gasteiger charge is 2.53. The molecule has 0 aromatic carbocycles. The smallest absolute Gasteiger partial charge is 0.236 e. The van der Waals surface area contributed by atoms with Crippen LogP contribution in [0.1, 0.15) is 58.3 Å². The van der Waals surface area contributed by atoms with Crippen molar-refractivity contribution < 1.29 is 9.59 Å². The molecule has 0 aromatic heterocycles. The summed E-state index contributed by atoms with van der Waals surface area (Å²) in [6.45, 7) is 3.05. The summed E-state index contributed by atoms with van der Waals surface area (Å²) in [5, 5.41) is 3.39. The Balaban J connectivity index is 1.78. The van der Waals surface area contributed by atoms with Gasteiger partial charge in [-0.3, -0.25) is 14.5 Å². The molecule has 2 saturated heterocycles. The highest BCUT2D eigenvalue weighted by Crippen LogP contribution is 2.46. The Kier molecular flexibility index (Phi) is 3.37. The molecule has 0 radical (unpaired) electrons. The molecule has 2 aliphatic heterocycles. The SMILES string of the molecule is CC1CC(N2C(=O)CC3(CCCCC3)C2=O)CCN1. The van der Waals surface area contributed by atoms with Gasteiger partial charge in [0.15, 0.2) is 0 Å². The summed E-state index contributed by atoms with van der Waals surface area (Å²) in [6.07, 6.45) is 7.58. The Labute approximate surface area is 114 Å². The van der Waals surface area contributed by atoms with Crippen LogP contribution in [0.5, 0.6) is 0 Å². The molecule has 19 heavy (non-hydrogen) atoms. The van der Waals surface area contributed by atoms with E-state index in [2.05, 4.69) is 12.2 Å². The van der Waals surface area contributed by atoms with Crippen LogP contribution in [0.25, 0.3) is 0 Å². The molecule has 1 aliphatic carbocycles. The highest BCUT2D eigenvalue weighted by atomic mass is 16.2. The van der Waals surface area contributed by atoms with Gasteiger partial charge in [0.2, 0.25) is 11.8 Å². The number of carbonyl (C=O) groups excluding carboxylic acids is 2. The van der Waals surface area contributed by atoms with Gasteiger partial charge in [0.1, 0.15) is 0 Å². The molecule has 106 valence electrons. The number of nitrogens with one attached hydrogen (secondary N) is 1. The maximum atomic E-state index is 12.8. The van der Waals surface area contributed by atoms with E-state index >= 15 is 0 Å². The van der Waals surface area contributed by atoms with Crippen LogP contribution in [0.2, 0.25) is 0 Å². The van der Waals surface area contributed by atoms with E-state index in [9.17, 15) is 9.59 Å². The first-order chi connectivity index (χ1) is 9.12. The molecule has 0 aromatic rings. The minimum Gasteiger partial charge on any atom is -0.314 e. The predicted octanol–water partition coefficient (Wildman–Crippen LogP) is 1.84. The Morgan fingerprint density at radius 1 is 1.21 bits per heavy atom. The van der Waals surface area contributed by atoms with Crippen LogP contribution >= 0.6 is 0 Å². The summed E-state index contributed by atoms with van der Waals surface area (Å²) in [5.74, 6) is 0.238. The maximum Gasteiger partial charge on any atom is 0.236 e. The lowest BCUT2D eigenvalue weighted by Crippen LogP contribution is -2.50. The molecular weight excluding hydrogens is 240 g/mol. The summed E-state index contributed by atoms with van der Waals surface area (Å²) < 4.78 is 0. The van der Waals surface area contributed by atoms with E-state index in [1.165, 1.54) is 6.42 Å². The standard InChI is InChI=1S/C15H24N2O2/c1-11-9-12(5-8-16-11)17-13(18)10-15(14(17)19)6-3-2-4-7-15/h11-12,16H,2-10H2,1H3. The number of imide groups is 1. The zero-order valence-corrected chi connectivity index (χ0v) is 11.8. The van der Waals surface area contributed by atoms with Gasteiger partial charge in [0, 0.05) is 18.5 Å². The van der Waals surface area contributed by atoms with Crippen molar-refractivity contribution in [2.75, 3.05) is 6.54 Å². The third kappa shape index (κ3) is 2.20. The van der Waals surface area contributed by atoms with E-state index in [4.69, 9.17) is 0 Å². The summed E-state index contributed by atoms with van der Waals surface area (Å²) >= 11 is 0. The van der Waals surface area contributed by atoms with Crippen molar-refractivity contribution in [1.82, 2.24) is 10.2 Å². The molecule has 2 amide bonds. The van der Waals surface area contributed by atoms with Crippen molar-refractivity contribution in [3.8, 4) is 0 Å². The molecule has 4 nitrogen and oxygen atoms in total. The fourth-order valence-electron chi connectivity index (χ4n) is 4.15. The summed E-state index contributed by atoms with van der Waals surface area (Å²) in [4.78, 5) is 26.8. The average Bonchev–Trinajstić information content (AvgIpc) is 2.62. The van der Waals surface area contributed by atoms with Gasteiger partial charge in [0.05, 0.1) is 5.41 Å². The third-order valence-electron chi connectivity index (χ3n) is 5.20. The number of carbonyl (C=O) groups is 2. The maximum absolute atomic E-state index is 12.8. The minimum atomic E-state index is -0.316. The van der Waals surface area contributed by atoms with Gasteiger partial charge in [-0.05, 0) is 39.2 Å². The van der Waals surface area contributed by atoms with Gasteiger partial charge >= 0.3 is 0 Å². The number of piperidine rings is 1. The van der Waals surface area contributed by atoms with E-state index in [0.29, 0.717) is 12.5 Å². The topological polar surface area (TPSA) is 49.4 Å². The Morgan fingerprint density at radius 2 is 1.95 bits per heavy atom. The van der Waals surface area contributed by atoms with Crippen LogP contribution in [0.3, 0.4) is 0 Å². The zero-order valence-electron chi connectivity index (χ0n) is 11.8. The Hall–Kier alpha value is -0.900. The molecule has 2 atom stereocenters. The second-order valence-corrected chi connectivity index (χ2v) is 6.62. The number of nitrogens with zero attached hydrogens (tertiary/aromatic N) is 1. The number of hydrogen-bond donors (Lipinski definition) is 1. The number of amides is 2. The quantitative estimate of drug-likeness (QED) is 0.735. The van der Waals surface area contributed by atoms with E-state index in [-0.39, 0.29) is 23.3 Å². The number of likely N-dealkylation sites (tertiary alicyclic amines) is 1. The van der Waals surface area contributed by atoms with Crippen LogP contribution in [0, 0.1) is 5.41 Å². The van der Waals surface area contributed by atoms with Crippen molar-refractivity contribution in [2.24, 2.45) is 5.41 Å². The fraction of sp³-hybridized carbons (Fsp3) is 0.867. The average molecular weight is 264 g/mol. The van der Waals surface area contributed by atoms with Crippen LogP contribution in [0.4, 0.5) is 0 Å². The first kappa shape index (κ1) is 13.1. The molecule has 3 rings (SSSR count). The van der Waals surface area contributed by atoms with Crippen molar-refractivity contribution >= 4 is 11.8 Å². The molecule has 2 unspecified atom stereocenters. The van der Waals surface area contributed by atoms with Crippen molar-refractivity contribution in [3.05, 3.63) is 0 Å². The second kappa shape index (κ2) is 4.89. The first-order valence-electron chi connectivity index (χ1n) is 7.72. The molecule has 1 N–H and O–H groups in total. The van der Waals surface area contributed by atoms with E-state index in [0.717, 1.165) is 45.1 Å². The van der Waals surface area contributed by atoms with Crippen LogP contribution in [-0.4, -0.2) is 35.3 Å². The van der Waals surface area contributed by atoms with Crippen molar-refractivity contribution in [2.45, 2.75) is 70.4 Å². The number of rotatable bonds is 1. The second-order valence-electron chi connectivity index (χ2n) is 6.62. The van der Waals surface area contributed by atoms with Crippen LogP contribution < -0.4 is 5.32 Å². The summed E-state index contributed by atoms with van der Waals surface area (Å²) in [6, 6.07) is 0.541. The van der Waals surface area contributed by atoms with Crippen molar-refractivity contribution in [1.29, 1.82) is 0 Å². The molecular formula is C15H24N2O2. The fourth-order valence-corrected chi connectivity index (χ4v) is 4.15. The summed E-state index contributed by atoms with van der Waals surface area (Å²) in [7, 11) is 0.